The second-order valence-electron chi connectivity index (χ2n) is 5.82. The number of thiocarbonyl (C=S) groups is 1. The zero-order chi connectivity index (χ0) is 15.3. The van der Waals surface area contributed by atoms with Gasteiger partial charge in [-0.05, 0) is 30.6 Å². The smallest absolute Gasteiger partial charge is 0.169 e. The van der Waals surface area contributed by atoms with Crippen molar-refractivity contribution in [2.75, 3.05) is 56.2 Å². The zero-order valence-electron chi connectivity index (χ0n) is 12.6. The van der Waals surface area contributed by atoms with E-state index in [0.29, 0.717) is 17.5 Å². The molecule has 0 aromatic rings. The van der Waals surface area contributed by atoms with Crippen LogP contribution in [-0.4, -0.2) is 80.7 Å². The first-order valence-electron chi connectivity index (χ1n) is 7.58. The molecule has 5 nitrogen and oxygen atoms in total. The Bertz CT molecular complexity index is 448. The van der Waals surface area contributed by atoms with Crippen molar-refractivity contribution in [1.29, 1.82) is 0 Å². The Labute approximate surface area is 137 Å². The number of hydrogen-bond acceptors (Lipinski definition) is 4. The van der Waals surface area contributed by atoms with Crippen LogP contribution in [0.3, 0.4) is 0 Å². The van der Waals surface area contributed by atoms with E-state index in [-0.39, 0.29) is 0 Å². The molecule has 0 bridgehead atoms. The number of nitrogens with one attached hydrogen (secondary N) is 2. The van der Waals surface area contributed by atoms with Gasteiger partial charge >= 0.3 is 0 Å². The highest BCUT2D eigenvalue weighted by molar-refractivity contribution is 7.98. The molecule has 2 heterocycles. The Hall–Kier alpha value is -0.0500. The molecular weight excluding hydrogens is 326 g/mol. The number of hydrogen-bond donors (Lipinski definition) is 2. The molecule has 0 spiro atoms. The van der Waals surface area contributed by atoms with Gasteiger partial charge in [-0.2, -0.15) is 11.8 Å². The molecule has 2 aliphatic rings. The number of quaternary nitrogens is 1. The van der Waals surface area contributed by atoms with Gasteiger partial charge in [0.25, 0.3) is 0 Å². The Kier molecular flexibility index (Phi) is 6.58. The molecule has 2 rings (SSSR count). The third kappa shape index (κ3) is 5.26. The van der Waals surface area contributed by atoms with E-state index in [2.05, 4.69) is 16.5 Å². The van der Waals surface area contributed by atoms with Gasteiger partial charge in [0.15, 0.2) is 14.9 Å². The van der Waals surface area contributed by atoms with E-state index in [1.54, 1.807) is 0 Å². The van der Waals surface area contributed by atoms with Crippen molar-refractivity contribution in [3.8, 4) is 0 Å². The summed E-state index contributed by atoms with van der Waals surface area (Å²) in [5, 5.41) is 4.18. The SMILES string of the molecule is CSCCCNC(=S)N1CC[NH+]([C@@H]2CCS(=O)(=O)C2)CC1. The van der Waals surface area contributed by atoms with Gasteiger partial charge in [-0.15, -0.1) is 0 Å². The van der Waals surface area contributed by atoms with Crippen LogP contribution < -0.4 is 10.2 Å². The highest BCUT2D eigenvalue weighted by Gasteiger charge is 2.37. The summed E-state index contributed by atoms with van der Waals surface area (Å²) in [6, 6.07) is 0.306. The maximum atomic E-state index is 11.6. The lowest BCUT2D eigenvalue weighted by atomic mass is 10.2. The van der Waals surface area contributed by atoms with E-state index < -0.39 is 9.84 Å². The molecule has 0 aromatic heterocycles. The lowest BCUT2D eigenvalue weighted by molar-refractivity contribution is -0.925. The van der Waals surface area contributed by atoms with E-state index in [0.717, 1.165) is 56.4 Å². The van der Waals surface area contributed by atoms with Crippen molar-refractivity contribution < 1.29 is 13.3 Å². The number of piperazine rings is 1. The van der Waals surface area contributed by atoms with Crippen molar-refractivity contribution in [2.24, 2.45) is 0 Å². The molecule has 2 aliphatic heterocycles. The van der Waals surface area contributed by atoms with Crippen molar-refractivity contribution in [3.63, 3.8) is 0 Å². The molecule has 21 heavy (non-hydrogen) atoms. The second-order valence-corrected chi connectivity index (χ2v) is 9.42. The average Bonchev–Trinajstić information content (AvgIpc) is 2.84. The monoisotopic (exact) mass is 352 g/mol. The molecule has 0 saturated carbocycles. The summed E-state index contributed by atoms with van der Waals surface area (Å²) in [5.41, 5.74) is 0. The minimum Gasteiger partial charge on any atom is -0.363 e. The fraction of sp³-hybridized carbons (Fsp3) is 0.923. The molecule has 0 aromatic carbocycles. The molecular formula is C13H26N3O2S3+. The summed E-state index contributed by atoms with van der Waals surface area (Å²) in [7, 11) is -2.77. The third-order valence-corrected chi connectivity index (χ3v) is 7.17. The van der Waals surface area contributed by atoms with E-state index in [1.807, 2.05) is 11.8 Å². The summed E-state index contributed by atoms with van der Waals surface area (Å²) in [6.45, 7) is 4.79. The third-order valence-electron chi connectivity index (χ3n) is 4.30. The number of sulfone groups is 1. The minimum atomic E-state index is -2.77. The van der Waals surface area contributed by atoms with Crippen molar-refractivity contribution >= 4 is 38.9 Å². The highest BCUT2D eigenvalue weighted by atomic mass is 32.2. The maximum absolute atomic E-state index is 11.6. The minimum absolute atomic E-state index is 0.306. The molecule has 8 heteroatoms. The summed E-state index contributed by atoms with van der Waals surface area (Å²) in [4.78, 5) is 3.67. The van der Waals surface area contributed by atoms with Crippen molar-refractivity contribution in [3.05, 3.63) is 0 Å². The standard InChI is InChI=1S/C13H25N3O2S3/c1-20-9-2-4-14-13(19)16-7-5-15(6-8-16)12-3-10-21(17,18)11-12/h12H,2-11H2,1H3,(H,14,19)/p+1/t12-/m1/s1. The molecule has 0 amide bonds. The first-order valence-corrected chi connectivity index (χ1v) is 11.2. The number of rotatable bonds is 5. The van der Waals surface area contributed by atoms with Gasteiger partial charge in [0.2, 0.25) is 0 Å². The highest BCUT2D eigenvalue weighted by Crippen LogP contribution is 2.09. The Morgan fingerprint density at radius 3 is 2.71 bits per heavy atom. The van der Waals surface area contributed by atoms with Crippen LogP contribution in [0.5, 0.6) is 0 Å². The quantitative estimate of drug-likeness (QED) is 0.489. The first kappa shape index (κ1) is 17.3. The van der Waals surface area contributed by atoms with Gasteiger partial charge < -0.3 is 15.1 Å². The van der Waals surface area contributed by atoms with Gasteiger partial charge in [-0.25, -0.2) is 8.42 Å². The fourth-order valence-electron chi connectivity index (χ4n) is 3.05. The molecule has 0 radical (unpaired) electrons. The van der Waals surface area contributed by atoms with Crippen LogP contribution in [-0.2, 0) is 9.84 Å². The van der Waals surface area contributed by atoms with E-state index >= 15 is 0 Å². The van der Waals surface area contributed by atoms with Gasteiger partial charge in [0.05, 0.1) is 31.9 Å². The summed E-state index contributed by atoms with van der Waals surface area (Å²) >= 11 is 7.29. The first-order chi connectivity index (χ1) is 10.0. The maximum Gasteiger partial charge on any atom is 0.169 e. The van der Waals surface area contributed by atoms with Gasteiger partial charge in [-0.1, -0.05) is 0 Å². The zero-order valence-corrected chi connectivity index (χ0v) is 15.1. The Balaban J connectivity index is 1.69. The molecule has 2 saturated heterocycles. The lowest BCUT2D eigenvalue weighted by Crippen LogP contribution is -3.18. The van der Waals surface area contributed by atoms with Crippen LogP contribution in [0.25, 0.3) is 0 Å². The summed E-state index contributed by atoms with van der Waals surface area (Å²) < 4.78 is 23.1. The van der Waals surface area contributed by atoms with Crippen molar-refractivity contribution in [2.45, 2.75) is 18.9 Å². The van der Waals surface area contributed by atoms with Gasteiger partial charge in [0, 0.05) is 13.0 Å². The van der Waals surface area contributed by atoms with Crippen LogP contribution in [0, 0.1) is 0 Å². The van der Waals surface area contributed by atoms with E-state index in [1.165, 1.54) is 4.90 Å². The Morgan fingerprint density at radius 1 is 1.43 bits per heavy atom. The fourth-order valence-corrected chi connectivity index (χ4v) is 5.59. The molecule has 0 unspecified atom stereocenters. The van der Waals surface area contributed by atoms with E-state index in [4.69, 9.17) is 12.2 Å². The van der Waals surface area contributed by atoms with Crippen LogP contribution in [0.15, 0.2) is 0 Å². The van der Waals surface area contributed by atoms with Crippen LogP contribution in [0.4, 0.5) is 0 Å². The average molecular weight is 353 g/mol. The molecule has 122 valence electrons. The summed E-state index contributed by atoms with van der Waals surface area (Å²) in [6.07, 6.45) is 4.07. The molecule has 2 N–H and O–H groups in total. The van der Waals surface area contributed by atoms with Crippen LogP contribution in [0.2, 0.25) is 0 Å². The molecule has 0 aliphatic carbocycles. The normalized spacial score (nSPS) is 26.0. The predicted molar refractivity (Wildman–Crippen MR) is 92.9 cm³/mol. The topological polar surface area (TPSA) is 53.9 Å². The van der Waals surface area contributed by atoms with Gasteiger partial charge in [0.1, 0.15) is 11.8 Å². The van der Waals surface area contributed by atoms with Gasteiger partial charge in [-0.3, -0.25) is 0 Å². The van der Waals surface area contributed by atoms with Crippen molar-refractivity contribution in [1.82, 2.24) is 10.2 Å². The second kappa shape index (κ2) is 7.99. The largest absolute Gasteiger partial charge is 0.363 e. The van der Waals surface area contributed by atoms with E-state index in [9.17, 15) is 8.42 Å². The number of thioether (sulfide) groups is 1. The predicted octanol–water partition coefficient (Wildman–Crippen LogP) is -0.998. The Morgan fingerprint density at radius 2 is 2.14 bits per heavy atom. The van der Waals surface area contributed by atoms with Crippen LogP contribution in [0.1, 0.15) is 12.8 Å². The lowest BCUT2D eigenvalue weighted by Gasteiger charge is -2.36. The molecule has 2 fully saturated rings. The van der Waals surface area contributed by atoms with Crippen LogP contribution >= 0.6 is 24.0 Å². The number of nitrogens with zero attached hydrogens (tertiary/aromatic N) is 1. The summed E-state index contributed by atoms with van der Waals surface area (Å²) in [5.74, 6) is 1.91. The molecule has 1 atom stereocenters.